The van der Waals surface area contributed by atoms with E-state index in [4.69, 9.17) is 0 Å². The van der Waals surface area contributed by atoms with Crippen LogP contribution in [0.1, 0.15) is 47.0 Å². The first-order valence-electron chi connectivity index (χ1n) is 5.90. The highest BCUT2D eigenvalue weighted by atomic mass is 14.9. The Bertz CT molecular complexity index is 174. The zero-order chi connectivity index (χ0) is 10.8. The van der Waals surface area contributed by atoms with E-state index in [9.17, 15) is 0 Å². The molecule has 1 rings (SSSR count). The molecular weight excluding hydrogens is 170 g/mol. The van der Waals surface area contributed by atoms with E-state index < -0.39 is 0 Å². The number of hydrogen-bond donors (Lipinski definition) is 1. The van der Waals surface area contributed by atoms with Crippen LogP contribution < -0.4 is 5.32 Å². The van der Waals surface area contributed by atoms with Crippen molar-refractivity contribution >= 4 is 0 Å². The number of hydrogen-bond acceptors (Lipinski definition) is 1. The number of nitrogens with one attached hydrogen (secondary N) is 1. The monoisotopic (exact) mass is 195 g/mol. The summed E-state index contributed by atoms with van der Waals surface area (Å²) in [5.41, 5.74) is 1.44. The molecule has 0 aliphatic carbocycles. The molecule has 0 aromatic heterocycles. The molecular formula is C13H25N. The second kappa shape index (κ2) is 9.01. The molecule has 0 aromatic rings. The molecule has 1 fully saturated rings. The first-order valence-corrected chi connectivity index (χ1v) is 5.90. The van der Waals surface area contributed by atoms with Gasteiger partial charge in [0.1, 0.15) is 0 Å². The third kappa shape index (κ3) is 4.61. The van der Waals surface area contributed by atoms with Gasteiger partial charge in [0.25, 0.3) is 0 Å². The van der Waals surface area contributed by atoms with Gasteiger partial charge < -0.3 is 5.32 Å². The minimum absolute atomic E-state index is 0.611. The maximum absolute atomic E-state index is 3.54. The summed E-state index contributed by atoms with van der Waals surface area (Å²) in [5.74, 6) is 0. The Morgan fingerprint density at radius 3 is 2.36 bits per heavy atom. The van der Waals surface area contributed by atoms with Gasteiger partial charge in [0.05, 0.1) is 0 Å². The summed E-state index contributed by atoms with van der Waals surface area (Å²) in [6.07, 6.45) is 10.5. The molecule has 82 valence electrons. The summed E-state index contributed by atoms with van der Waals surface area (Å²) >= 11 is 0. The topological polar surface area (TPSA) is 12.0 Å². The van der Waals surface area contributed by atoms with Crippen LogP contribution in [-0.2, 0) is 0 Å². The molecule has 1 aliphatic heterocycles. The van der Waals surface area contributed by atoms with Crippen molar-refractivity contribution in [2.75, 3.05) is 6.54 Å². The lowest BCUT2D eigenvalue weighted by molar-refractivity contribution is 0.444. The first kappa shape index (κ1) is 13.4. The minimum Gasteiger partial charge on any atom is -0.310 e. The van der Waals surface area contributed by atoms with Crippen LogP contribution in [0.2, 0.25) is 0 Å². The Morgan fingerprint density at radius 1 is 1.21 bits per heavy atom. The molecule has 0 saturated carbocycles. The van der Waals surface area contributed by atoms with E-state index in [1.165, 1.54) is 31.4 Å². The summed E-state index contributed by atoms with van der Waals surface area (Å²) in [7, 11) is 0. The SMILES string of the molecule is C/C=C\C(=C/C)C1CCCCN1.CC. The molecule has 1 unspecified atom stereocenters. The van der Waals surface area contributed by atoms with E-state index in [0.717, 1.165) is 0 Å². The van der Waals surface area contributed by atoms with Gasteiger partial charge in [-0.15, -0.1) is 0 Å². The molecule has 1 N–H and O–H groups in total. The van der Waals surface area contributed by atoms with Crippen LogP contribution >= 0.6 is 0 Å². The standard InChI is InChI=1S/C11H19N.C2H6/c1-3-7-10(4-2)11-8-5-6-9-12-11;1-2/h3-4,7,11-12H,5-6,8-9H2,1-2H3;1-2H3/b7-3-,10-4+;. The van der Waals surface area contributed by atoms with Crippen molar-refractivity contribution in [1.29, 1.82) is 0 Å². The van der Waals surface area contributed by atoms with E-state index in [0.29, 0.717) is 6.04 Å². The number of rotatable bonds is 2. The molecule has 0 bridgehead atoms. The smallest absolute Gasteiger partial charge is 0.0316 e. The van der Waals surface area contributed by atoms with E-state index in [1.807, 2.05) is 13.8 Å². The molecule has 0 amide bonds. The van der Waals surface area contributed by atoms with E-state index in [1.54, 1.807) is 0 Å². The lowest BCUT2D eigenvalue weighted by Crippen LogP contribution is -2.34. The van der Waals surface area contributed by atoms with Crippen LogP contribution in [0.5, 0.6) is 0 Å². The van der Waals surface area contributed by atoms with Gasteiger partial charge in [0.15, 0.2) is 0 Å². The Balaban J connectivity index is 0.000000791. The minimum atomic E-state index is 0.611. The van der Waals surface area contributed by atoms with Gasteiger partial charge >= 0.3 is 0 Å². The van der Waals surface area contributed by atoms with Gasteiger partial charge in [0, 0.05) is 6.04 Å². The number of piperidine rings is 1. The summed E-state index contributed by atoms with van der Waals surface area (Å²) < 4.78 is 0. The van der Waals surface area contributed by atoms with Crippen molar-refractivity contribution in [1.82, 2.24) is 5.32 Å². The lowest BCUT2D eigenvalue weighted by atomic mass is 9.97. The Morgan fingerprint density at radius 2 is 1.93 bits per heavy atom. The van der Waals surface area contributed by atoms with E-state index in [-0.39, 0.29) is 0 Å². The zero-order valence-electron chi connectivity index (χ0n) is 10.1. The molecule has 0 spiro atoms. The quantitative estimate of drug-likeness (QED) is 0.663. The second-order valence-corrected chi connectivity index (χ2v) is 3.29. The molecule has 0 radical (unpaired) electrons. The van der Waals surface area contributed by atoms with E-state index in [2.05, 4.69) is 37.4 Å². The van der Waals surface area contributed by atoms with E-state index >= 15 is 0 Å². The predicted octanol–water partition coefficient (Wildman–Crippen LogP) is 3.68. The first-order chi connectivity index (χ1) is 6.88. The fourth-order valence-electron chi connectivity index (χ4n) is 1.74. The van der Waals surface area contributed by atoms with Crippen LogP contribution in [0, 0.1) is 0 Å². The van der Waals surface area contributed by atoms with Gasteiger partial charge in [-0.25, -0.2) is 0 Å². The fraction of sp³-hybridized carbons (Fsp3) is 0.692. The maximum atomic E-state index is 3.54. The molecule has 0 aromatic carbocycles. The highest BCUT2D eigenvalue weighted by Gasteiger charge is 2.13. The Kier molecular flexibility index (Phi) is 8.65. The van der Waals surface area contributed by atoms with Crippen molar-refractivity contribution in [3.8, 4) is 0 Å². The third-order valence-corrected chi connectivity index (χ3v) is 2.41. The van der Waals surface area contributed by atoms with Crippen molar-refractivity contribution in [2.45, 2.75) is 53.0 Å². The lowest BCUT2D eigenvalue weighted by Gasteiger charge is -2.24. The summed E-state index contributed by atoms with van der Waals surface area (Å²) in [5, 5.41) is 3.54. The molecule has 1 atom stereocenters. The molecule has 14 heavy (non-hydrogen) atoms. The van der Waals surface area contributed by atoms with Crippen LogP contribution in [0.15, 0.2) is 23.8 Å². The van der Waals surface area contributed by atoms with Crippen LogP contribution in [0.4, 0.5) is 0 Å². The van der Waals surface area contributed by atoms with Crippen molar-refractivity contribution in [2.24, 2.45) is 0 Å². The van der Waals surface area contributed by atoms with Crippen LogP contribution in [-0.4, -0.2) is 12.6 Å². The molecule has 1 saturated heterocycles. The third-order valence-electron chi connectivity index (χ3n) is 2.41. The maximum Gasteiger partial charge on any atom is 0.0316 e. The average molecular weight is 195 g/mol. The van der Waals surface area contributed by atoms with Gasteiger partial charge in [-0.1, -0.05) is 38.5 Å². The van der Waals surface area contributed by atoms with Crippen LogP contribution in [0.3, 0.4) is 0 Å². The van der Waals surface area contributed by atoms with Crippen molar-refractivity contribution < 1.29 is 0 Å². The molecule has 1 heteroatoms. The Hall–Kier alpha value is -0.560. The average Bonchev–Trinajstić information content (AvgIpc) is 2.30. The normalized spacial score (nSPS) is 23.1. The summed E-state index contributed by atoms with van der Waals surface area (Å²) in [4.78, 5) is 0. The molecule has 1 heterocycles. The fourth-order valence-corrected chi connectivity index (χ4v) is 1.74. The van der Waals surface area contributed by atoms with Gasteiger partial charge in [-0.3, -0.25) is 0 Å². The largest absolute Gasteiger partial charge is 0.310 e. The second-order valence-electron chi connectivity index (χ2n) is 3.29. The Labute approximate surface area is 89.3 Å². The zero-order valence-corrected chi connectivity index (χ0v) is 10.1. The van der Waals surface area contributed by atoms with Crippen LogP contribution in [0.25, 0.3) is 0 Å². The summed E-state index contributed by atoms with van der Waals surface area (Å²) in [6, 6.07) is 0.611. The van der Waals surface area contributed by atoms with Crippen molar-refractivity contribution in [3.05, 3.63) is 23.8 Å². The highest BCUT2D eigenvalue weighted by Crippen LogP contribution is 2.15. The van der Waals surface area contributed by atoms with Gasteiger partial charge in [-0.2, -0.15) is 0 Å². The number of allylic oxidation sites excluding steroid dienone is 2. The molecule has 1 nitrogen and oxygen atoms in total. The molecule has 1 aliphatic rings. The highest BCUT2D eigenvalue weighted by molar-refractivity contribution is 5.24. The predicted molar refractivity (Wildman–Crippen MR) is 65.6 cm³/mol. The van der Waals surface area contributed by atoms with Crippen molar-refractivity contribution in [3.63, 3.8) is 0 Å². The van der Waals surface area contributed by atoms with Gasteiger partial charge in [-0.05, 0) is 38.8 Å². The summed E-state index contributed by atoms with van der Waals surface area (Å²) in [6.45, 7) is 9.37. The van der Waals surface area contributed by atoms with Gasteiger partial charge in [0.2, 0.25) is 0 Å².